The zero-order valence-corrected chi connectivity index (χ0v) is 21.0. The summed E-state index contributed by atoms with van der Waals surface area (Å²) in [5, 5.41) is 3.14. The molecule has 1 N–H and O–H groups in total. The van der Waals surface area contributed by atoms with Crippen LogP contribution in [0.5, 0.6) is 0 Å². The molecule has 6 nitrogen and oxygen atoms in total. The highest BCUT2D eigenvalue weighted by Crippen LogP contribution is 2.27. The third kappa shape index (κ3) is 6.45. The molecule has 0 radical (unpaired) electrons. The fourth-order valence-electron chi connectivity index (χ4n) is 5.10. The van der Waals surface area contributed by atoms with E-state index in [1.54, 1.807) is 6.26 Å². The van der Waals surface area contributed by atoms with Crippen molar-refractivity contribution in [1.29, 1.82) is 0 Å². The van der Waals surface area contributed by atoms with E-state index in [4.69, 9.17) is 4.42 Å². The van der Waals surface area contributed by atoms with Crippen LogP contribution < -0.4 is 5.32 Å². The molecule has 2 aromatic rings. The Balaban J connectivity index is 1.36. The lowest BCUT2D eigenvalue weighted by atomic mass is 9.94. The van der Waals surface area contributed by atoms with Crippen LogP contribution in [0.3, 0.4) is 0 Å². The molecule has 1 aliphatic carbocycles. The van der Waals surface area contributed by atoms with Gasteiger partial charge in [0, 0.05) is 24.5 Å². The van der Waals surface area contributed by atoms with E-state index < -0.39 is 0 Å². The van der Waals surface area contributed by atoms with Gasteiger partial charge in [0.15, 0.2) is 0 Å². The molecule has 4 rings (SSSR count). The minimum atomic E-state index is -0.107. The lowest BCUT2D eigenvalue weighted by Crippen LogP contribution is -2.40. The molecule has 7 heteroatoms. The smallest absolute Gasteiger partial charge is 0.252 e. The van der Waals surface area contributed by atoms with E-state index in [1.807, 2.05) is 48.3 Å². The minimum Gasteiger partial charge on any atom is -0.468 e. The fraction of sp³-hybridized carbons (Fsp3) is 0.556. The number of likely N-dealkylation sites (tertiary alicyclic amines) is 1. The molecule has 1 aromatic carbocycles. The SMILES string of the molecule is CN(C(=O)CSc1ccccc1C(=O)NCC(c1ccco1)N1CCCCC1)C1CCCCC1. The van der Waals surface area contributed by atoms with Crippen molar-refractivity contribution in [3.63, 3.8) is 0 Å². The number of rotatable bonds is 9. The van der Waals surface area contributed by atoms with Gasteiger partial charge in [-0.05, 0) is 63.0 Å². The molecule has 2 heterocycles. The molecule has 0 spiro atoms. The summed E-state index contributed by atoms with van der Waals surface area (Å²) in [7, 11) is 1.92. The molecule has 1 aromatic heterocycles. The van der Waals surface area contributed by atoms with Crippen LogP contribution in [-0.4, -0.2) is 60.1 Å². The number of thioether (sulfide) groups is 1. The molecule has 184 valence electrons. The molecule has 1 aliphatic heterocycles. The Bertz CT molecular complexity index is 921. The molecular weight excluding hydrogens is 446 g/mol. The normalized spacial score (nSPS) is 18.4. The quantitative estimate of drug-likeness (QED) is 0.502. The maximum atomic E-state index is 13.2. The molecule has 0 bridgehead atoms. The van der Waals surface area contributed by atoms with Crippen molar-refractivity contribution in [3.05, 3.63) is 54.0 Å². The van der Waals surface area contributed by atoms with Crippen molar-refractivity contribution in [2.24, 2.45) is 0 Å². The standard InChI is InChI=1S/C27H37N3O3S/c1-29(21-11-4-2-5-12-21)26(31)20-34-25-15-7-6-13-22(25)27(32)28-19-23(24-14-10-18-33-24)30-16-8-3-9-17-30/h6-7,10,13-15,18,21,23H,2-5,8-9,11-12,16-17,19-20H2,1H3,(H,28,32). The zero-order valence-electron chi connectivity index (χ0n) is 20.2. The monoisotopic (exact) mass is 483 g/mol. The summed E-state index contributed by atoms with van der Waals surface area (Å²) in [6.45, 7) is 2.53. The van der Waals surface area contributed by atoms with Gasteiger partial charge in [0.1, 0.15) is 5.76 Å². The summed E-state index contributed by atoms with van der Waals surface area (Å²) >= 11 is 1.45. The van der Waals surface area contributed by atoms with E-state index in [-0.39, 0.29) is 17.9 Å². The van der Waals surface area contributed by atoms with E-state index >= 15 is 0 Å². The van der Waals surface area contributed by atoms with Crippen LogP contribution in [0.2, 0.25) is 0 Å². The first-order valence-corrected chi connectivity index (χ1v) is 13.6. The number of benzene rings is 1. The summed E-state index contributed by atoms with van der Waals surface area (Å²) in [5.41, 5.74) is 0.623. The molecule has 1 atom stereocenters. The van der Waals surface area contributed by atoms with Gasteiger partial charge in [0.05, 0.1) is 23.6 Å². The number of carbonyl (C=O) groups is 2. The minimum absolute atomic E-state index is 0.0322. The molecule has 2 aliphatic rings. The van der Waals surface area contributed by atoms with Gasteiger partial charge in [0.2, 0.25) is 5.91 Å². The van der Waals surface area contributed by atoms with Crippen LogP contribution in [0.25, 0.3) is 0 Å². The Morgan fingerprint density at radius 3 is 2.53 bits per heavy atom. The van der Waals surface area contributed by atoms with Crippen LogP contribution >= 0.6 is 11.8 Å². The molecule has 2 amide bonds. The second-order valence-electron chi connectivity index (χ2n) is 9.42. The zero-order chi connectivity index (χ0) is 23.8. The van der Waals surface area contributed by atoms with E-state index in [0.717, 1.165) is 36.6 Å². The Morgan fingerprint density at radius 1 is 1.06 bits per heavy atom. The number of nitrogens with one attached hydrogen (secondary N) is 1. The van der Waals surface area contributed by atoms with E-state index in [2.05, 4.69) is 10.2 Å². The highest BCUT2D eigenvalue weighted by molar-refractivity contribution is 8.00. The third-order valence-corrected chi connectivity index (χ3v) is 8.22. The second kappa shape index (κ2) is 12.5. The van der Waals surface area contributed by atoms with Crippen molar-refractivity contribution in [3.8, 4) is 0 Å². The Kier molecular flexibility index (Phi) is 9.11. The van der Waals surface area contributed by atoms with Gasteiger partial charge in [-0.1, -0.05) is 37.8 Å². The number of carbonyl (C=O) groups excluding carboxylic acids is 2. The van der Waals surface area contributed by atoms with Gasteiger partial charge in [-0.15, -0.1) is 11.8 Å². The Hall–Kier alpha value is -2.25. The summed E-state index contributed by atoms with van der Waals surface area (Å²) in [4.78, 5) is 31.2. The molecular formula is C27H37N3O3S. The van der Waals surface area contributed by atoms with Gasteiger partial charge in [-0.25, -0.2) is 0 Å². The first kappa shape index (κ1) is 24.9. The number of hydrogen-bond acceptors (Lipinski definition) is 5. The number of nitrogens with zero attached hydrogens (tertiary/aromatic N) is 2. The average Bonchev–Trinajstić information content (AvgIpc) is 3.43. The van der Waals surface area contributed by atoms with Crippen LogP contribution in [0.4, 0.5) is 0 Å². The van der Waals surface area contributed by atoms with Crippen molar-refractivity contribution < 1.29 is 14.0 Å². The van der Waals surface area contributed by atoms with Crippen LogP contribution in [0.1, 0.15) is 73.5 Å². The molecule has 1 saturated heterocycles. The van der Waals surface area contributed by atoms with Gasteiger partial charge < -0.3 is 14.6 Å². The maximum Gasteiger partial charge on any atom is 0.252 e. The van der Waals surface area contributed by atoms with E-state index in [1.165, 1.54) is 50.3 Å². The van der Waals surface area contributed by atoms with Gasteiger partial charge in [0.25, 0.3) is 5.91 Å². The lowest BCUT2D eigenvalue weighted by molar-refractivity contribution is -0.129. The van der Waals surface area contributed by atoms with Crippen LogP contribution in [0, 0.1) is 0 Å². The fourth-order valence-corrected chi connectivity index (χ4v) is 6.07. The highest BCUT2D eigenvalue weighted by Gasteiger charge is 2.26. The summed E-state index contributed by atoms with van der Waals surface area (Å²) in [6.07, 6.45) is 11.2. The topological polar surface area (TPSA) is 65.8 Å². The third-order valence-electron chi connectivity index (χ3n) is 7.16. The molecule has 34 heavy (non-hydrogen) atoms. The molecule has 2 fully saturated rings. The predicted octanol–water partition coefficient (Wildman–Crippen LogP) is 5.12. The summed E-state index contributed by atoms with van der Waals surface area (Å²) in [5.74, 6) is 1.26. The maximum absolute atomic E-state index is 13.2. The first-order chi connectivity index (χ1) is 16.6. The van der Waals surface area contributed by atoms with Gasteiger partial charge in [-0.3, -0.25) is 14.5 Å². The van der Waals surface area contributed by atoms with Gasteiger partial charge >= 0.3 is 0 Å². The van der Waals surface area contributed by atoms with Crippen molar-refractivity contribution in [1.82, 2.24) is 15.1 Å². The largest absolute Gasteiger partial charge is 0.468 e. The van der Waals surface area contributed by atoms with Crippen molar-refractivity contribution >= 4 is 23.6 Å². The Morgan fingerprint density at radius 2 is 1.79 bits per heavy atom. The summed E-state index contributed by atoms with van der Waals surface area (Å²) < 4.78 is 5.71. The van der Waals surface area contributed by atoms with Crippen LogP contribution in [0.15, 0.2) is 52.0 Å². The molecule has 1 unspecified atom stereocenters. The molecule has 1 saturated carbocycles. The number of hydrogen-bond donors (Lipinski definition) is 1. The highest BCUT2D eigenvalue weighted by atomic mass is 32.2. The number of amides is 2. The number of furan rings is 1. The number of piperidine rings is 1. The Labute approximate surface area is 207 Å². The average molecular weight is 484 g/mol. The first-order valence-electron chi connectivity index (χ1n) is 12.7. The van der Waals surface area contributed by atoms with Crippen LogP contribution in [-0.2, 0) is 4.79 Å². The lowest BCUT2D eigenvalue weighted by Gasteiger charge is -2.33. The van der Waals surface area contributed by atoms with E-state index in [9.17, 15) is 9.59 Å². The predicted molar refractivity (Wildman–Crippen MR) is 136 cm³/mol. The van der Waals surface area contributed by atoms with Gasteiger partial charge in [-0.2, -0.15) is 0 Å². The second-order valence-corrected chi connectivity index (χ2v) is 10.4. The van der Waals surface area contributed by atoms with Crippen molar-refractivity contribution in [2.45, 2.75) is 68.3 Å². The van der Waals surface area contributed by atoms with E-state index in [0.29, 0.717) is 23.9 Å². The summed E-state index contributed by atoms with van der Waals surface area (Å²) in [6, 6.07) is 11.9. The van der Waals surface area contributed by atoms with Crippen molar-refractivity contribution in [2.75, 3.05) is 32.4 Å².